The highest BCUT2D eigenvalue weighted by Crippen LogP contribution is 2.46. The lowest BCUT2D eigenvalue weighted by Crippen LogP contribution is -2.57. The van der Waals surface area contributed by atoms with Gasteiger partial charge in [-0.25, -0.2) is 15.2 Å². The molecule has 0 bridgehead atoms. The number of hydrogen-bond acceptors (Lipinski definition) is 10. The summed E-state index contributed by atoms with van der Waals surface area (Å²) < 4.78 is 21.8. The van der Waals surface area contributed by atoms with Crippen LogP contribution in [0.2, 0.25) is 0 Å². The fourth-order valence-corrected chi connectivity index (χ4v) is 9.25. The Kier molecular flexibility index (Phi) is 14.5. The summed E-state index contributed by atoms with van der Waals surface area (Å²) in [7, 11) is -2.78. The lowest BCUT2D eigenvalue weighted by molar-refractivity contribution is -0.145. The molecule has 0 aliphatic heterocycles. The summed E-state index contributed by atoms with van der Waals surface area (Å²) in [5.74, 6) is -3.54. The van der Waals surface area contributed by atoms with Crippen LogP contribution in [-0.4, -0.2) is 97.0 Å². The van der Waals surface area contributed by atoms with Crippen LogP contribution in [0.3, 0.4) is 0 Å². The van der Waals surface area contributed by atoms with Gasteiger partial charge in [0.2, 0.25) is 13.4 Å². The highest BCUT2D eigenvalue weighted by Gasteiger charge is 2.49. The quantitative estimate of drug-likeness (QED) is 0.0499. The molecule has 0 saturated heterocycles. The van der Waals surface area contributed by atoms with Crippen LogP contribution < -0.4 is 21.5 Å². The van der Waals surface area contributed by atoms with E-state index in [4.69, 9.17) is 10.5 Å². The third-order valence-electron chi connectivity index (χ3n) is 9.43. The van der Waals surface area contributed by atoms with Crippen molar-refractivity contribution in [2.75, 3.05) is 38.6 Å². The molecule has 16 nitrogen and oxygen atoms in total. The number of fused-ring (bicyclic) bond motifs is 1. The number of aliphatic carboxylic acids is 2. The number of anilines is 1. The summed E-state index contributed by atoms with van der Waals surface area (Å²) in [5, 5.41) is 27.2. The van der Waals surface area contributed by atoms with Crippen LogP contribution in [0.25, 0.3) is 11.2 Å². The van der Waals surface area contributed by atoms with Gasteiger partial charge in [0.15, 0.2) is 11.2 Å². The van der Waals surface area contributed by atoms with E-state index in [1.54, 1.807) is 41.8 Å². The Bertz CT molecular complexity index is 1940. The van der Waals surface area contributed by atoms with E-state index < -0.39 is 48.4 Å². The maximum absolute atomic E-state index is 15.3. The van der Waals surface area contributed by atoms with Gasteiger partial charge in [0.25, 0.3) is 5.56 Å². The largest absolute Gasteiger partial charge is 0.480 e. The van der Waals surface area contributed by atoms with E-state index in [1.807, 2.05) is 42.2 Å². The normalized spacial score (nSPS) is 15.0. The topological polar surface area (TPSA) is 235 Å². The first-order chi connectivity index (χ1) is 25.3. The van der Waals surface area contributed by atoms with Gasteiger partial charge < -0.3 is 30.2 Å². The number of aromatic nitrogens is 4. The molecular formula is C36H49N8O8P. The summed E-state index contributed by atoms with van der Waals surface area (Å²) in [4.78, 5) is 63.1. The lowest BCUT2D eigenvalue weighted by Gasteiger charge is -2.41. The number of nitrogens with zero attached hydrogens (tertiary/aromatic N) is 4. The van der Waals surface area contributed by atoms with Gasteiger partial charge in [-0.05, 0) is 43.4 Å². The monoisotopic (exact) mass is 752 g/mol. The van der Waals surface area contributed by atoms with E-state index in [-0.39, 0.29) is 55.6 Å². The van der Waals surface area contributed by atoms with Crippen molar-refractivity contribution in [2.45, 2.75) is 70.0 Å². The van der Waals surface area contributed by atoms with Crippen molar-refractivity contribution in [3.63, 3.8) is 0 Å². The highest BCUT2D eigenvalue weighted by molar-refractivity contribution is 7.60. The molecule has 2 unspecified atom stereocenters. The van der Waals surface area contributed by atoms with E-state index in [0.29, 0.717) is 31.5 Å². The number of methoxy groups -OCH3 is 1. The molecule has 2 aromatic carbocycles. The third-order valence-corrected chi connectivity index (χ3v) is 11.8. The number of nitrogens with one attached hydrogen (secondary N) is 3. The first kappa shape index (κ1) is 40.9. The van der Waals surface area contributed by atoms with Crippen LogP contribution >= 0.6 is 7.44 Å². The number of esters is 1. The van der Waals surface area contributed by atoms with E-state index in [0.717, 1.165) is 5.56 Å². The van der Waals surface area contributed by atoms with Gasteiger partial charge >= 0.3 is 17.9 Å². The predicted molar refractivity (Wildman–Crippen MR) is 201 cm³/mol. The Morgan fingerprint density at radius 2 is 1.74 bits per heavy atom. The van der Waals surface area contributed by atoms with Crippen LogP contribution in [0.4, 0.5) is 5.95 Å². The second-order valence-electron chi connectivity index (χ2n) is 12.9. The zero-order valence-electron chi connectivity index (χ0n) is 30.2. The molecule has 2 heterocycles. The number of nitrogens with two attached hydrogens (primary N) is 1. The van der Waals surface area contributed by atoms with Crippen molar-refractivity contribution in [3.8, 4) is 0 Å². The van der Waals surface area contributed by atoms with Gasteiger partial charge in [0.05, 0.1) is 13.4 Å². The number of benzene rings is 2. The molecule has 0 fully saturated rings. The van der Waals surface area contributed by atoms with Gasteiger partial charge in [-0.3, -0.25) is 28.7 Å². The summed E-state index contributed by atoms with van der Waals surface area (Å²) >= 11 is 0. The number of H-pyrrole nitrogens is 1. The molecule has 0 amide bonds. The Hall–Kier alpha value is -4.89. The Labute approximate surface area is 307 Å². The maximum Gasteiger partial charge on any atom is 0.324 e. The molecule has 2 aromatic heterocycles. The van der Waals surface area contributed by atoms with Crippen molar-refractivity contribution in [3.05, 3.63) is 88.5 Å². The van der Waals surface area contributed by atoms with E-state index in [2.05, 4.69) is 25.1 Å². The summed E-state index contributed by atoms with van der Waals surface area (Å²) in [5.41, 5.74) is 5.38. The molecule has 4 atom stereocenters. The molecule has 17 heteroatoms. The first-order valence-electron chi connectivity index (χ1n) is 17.6. The number of carbonyl (C=O) groups excluding carboxylic acids is 1. The molecule has 0 saturated carbocycles. The first-order valence-corrected chi connectivity index (χ1v) is 19.4. The lowest BCUT2D eigenvalue weighted by atomic mass is 9.76. The zero-order chi connectivity index (χ0) is 38.6. The summed E-state index contributed by atoms with van der Waals surface area (Å²) in [6, 6.07) is 16.7. The number of imidazole rings is 1. The molecule has 4 rings (SSSR count). The van der Waals surface area contributed by atoms with Crippen LogP contribution in [0.15, 0.2) is 71.8 Å². The number of carboxylic acids is 2. The predicted octanol–water partition coefficient (Wildman–Crippen LogP) is 3.45. The molecule has 0 spiro atoms. The molecule has 0 radical (unpaired) electrons. The average molecular weight is 753 g/mol. The van der Waals surface area contributed by atoms with Crippen LogP contribution in [-0.2, 0) is 36.7 Å². The Balaban J connectivity index is 1.70. The molecule has 0 aliphatic rings. The van der Waals surface area contributed by atoms with Gasteiger partial charge in [0.1, 0.15) is 11.6 Å². The zero-order valence-corrected chi connectivity index (χ0v) is 31.1. The highest BCUT2D eigenvalue weighted by atomic mass is 31.2. The molecular weight excluding hydrogens is 703 g/mol. The number of nitrogen functional groups attached to an aromatic ring is 1. The summed E-state index contributed by atoms with van der Waals surface area (Å²) in [6.45, 7) is 4.62. The second-order valence-corrected chi connectivity index (χ2v) is 15.3. The maximum atomic E-state index is 15.3. The minimum absolute atomic E-state index is 0.00423. The third kappa shape index (κ3) is 10.6. The number of rotatable bonds is 22. The van der Waals surface area contributed by atoms with Crippen LogP contribution in [0.1, 0.15) is 56.6 Å². The average Bonchev–Trinajstić information content (AvgIpc) is 3.55. The number of hydrogen-bond donors (Lipinski definition) is 6. The second kappa shape index (κ2) is 18.7. The van der Waals surface area contributed by atoms with Crippen LogP contribution in [0.5, 0.6) is 0 Å². The van der Waals surface area contributed by atoms with Crippen LogP contribution in [0, 0.1) is 0 Å². The number of ether oxygens (including phenoxy) is 1. The molecule has 53 heavy (non-hydrogen) atoms. The van der Waals surface area contributed by atoms with Gasteiger partial charge in [0, 0.05) is 38.1 Å². The number of aromatic amines is 1. The molecule has 286 valence electrons. The number of carboxylic acid groups (broad SMARTS) is 2. The van der Waals surface area contributed by atoms with Gasteiger partial charge in [-0.1, -0.05) is 74.5 Å². The fraction of sp³-hybridized carbons (Fsp3) is 0.444. The van der Waals surface area contributed by atoms with Gasteiger partial charge in [-0.2, -0.15) is 4.98 Å². The minimum Gasteiger partial charge on any atom is -0.480 e. The van der Waals surface area contributed by atoms with E-state index in [9.17, 15) is 29.4 Å². The Morgan fingerprint density at radius 3 is 2.34 bits per heavy atom. The van der Waals surface area contributed by atoms with Crippen molar-refractivity contribution >= 4 is 42.5 Å². The van der Waals surface area contributed by atoms with Crippen molar-refractivity contribution in [1.29, 1.82) is 0 Å². The standard InChI is InChI=1S/C36H49N8O8P/c1-4-27(26-15-10-7-11-16-26)36(5-2,34(49)50)42-53(51,41-28(33(47)48)23-25-13-8-6-9-14-25)22-21-43(18-12-17-29(45)52-3)19-20-44-24-38-30-31(44)39-35(37)40-32(30)46/h6-11,13-16,24,27-28H,4-5,12,17-23H2,1-3H3,(H,47,48)(H,49,50)(H2,41,42,51)(H3,37,39,40,46)/t27?,28-,36+,53?/m0/s1. The van der Waals surface area contributed by atoms with E-state index >= 15 is 4.57 Å². The SMILES string of the molecule is CCC(c1ccccc1)[C@@](CC)(NP(=O)(CCN(CCCC(=O)OC)CCn1cnc2c(=O)[nH]c(N)nc21)N[C@@H](Cc1ccccc1)C(=O)O)C(=O)O. The summed E-state index contributed by atoms with van der Waals surface area (Å²) in [6.07, 6.45) is 2.24. The molecule has 0 aliphatic carbocycles. The fourth-order valence-electron chi connectivity index (χ4n) is 6.62. The Morgan fingerprint density at radius 1 is 1.06 bits per heavy atom. The number of carbonyl (C=O) groups is 3. The minimum atomic E-state index is -4.08. The van der Waals surface area contributed by atoms with Crippen molar-refractivity contribution < 1.29 is 33.9 Å². The smallest absolute Gasteiger partial charge is 0.324 e. The van der Waals surface area contributed by atoms with Crippen molar-refractivity contribution in [2.24, 2.45) is 0 Å². The van der Waals surface area contributed by atoms with Crippen molar-refractivity contribution in [1.82, 2.24) is 34.6 Å². The van der Waals surface area contributed by atoms with Gasteiger partial charge in [-0.15, -0.1) is 0 Å². The molecule has 4 aromatic rings. The van der Waals surface area contributed by atoms with E-state index in [1.165, 1.54) is 13.4 Å². The molecule has 7 N–H and O–H groups in total.